The summed E-state index contributed by atoms with van der Waals surface area (Å²) < 4.78 is 39.6. The molecule has 0 aliphatic carbocycles. The number of anilines is 1. The number of fused-ring (bicyclic) bond motifs is 1. The topological polar surface area (TPSA) is 108 Å². The maximum Gasteiger partial charge on any atom is 0.320 e. The van der Waals surface area contributed by atoms with Gasteiger partial charge in [0.2, 0.25) is 0 Å². The average Bonchev–Trinajstić information content (AvgIpc) is 3.32. The fraction of sp³-hybridized carbons (Fsp3) is 0.647. The predicted molar refractivity (Wildman–Crippen MR) is 98.0 cm³/mol. The van der Waals surface area contributed by atoms with Crippen LogP contribution in [0.1, 0.15) is 38.6 Å². The molecule has 0 saturated carbocycles. The summed E-state index contributed by atoms with van der Waals surface area (Å²) in [4.78, 5) is 10.3. The number of aromatic nitrogens is 7. The monoisotopic (exact) mass is 408 g/mol. The van der Waals surface area contributed by atoms with Gasteiger partial charge in [0, 0.05) is 13.0 Å². The molecule has 1 aliphatic rings. The van der Waals surface area contributed by atoms with Crippen LogP contribution in [0.25, 0.3) is 11.2 Å². The van der Waals surface area contributed by atoms with E-state index in [-0.39, 0.29) is 36.8 Å². The van der Waals surface area contributed by atoms with Crippen LogP contribution in [-0.4, -0.2) is 60.9 Å². The molecule has 0 atom stereocenters. The standard InChI is InChI=1S/C17H22F2N8O2/c1-10-11(24-29-23-10)7-27-14-12(22-25-27)13(26-6-5-17(18,19)8-26)20-15(21-14)28-9-16(2,3)4/h5-9H2,1-4H3. The van der Waals surface area contributed by atoms with Gasteiger partial charge in [-0.2, -0.15) is 9.97 Å². The molecule has 12 heteroatoms. The molecule has 29 heavy (non-hydrogen) atoms. The van der Waals surface area contributed by atoms with Crippen LogP contribution in [0.5, 0.6) is 6.01 Å². The lowest BCUT2D eigenvalue weighted by Crippen LogP contribution is -2.26. The van der Waals surface area contributed by atoms with Crippen molar-refractivity contribution >= 4 is 17.0 Å². The summed E-state index contributed by atoms with van der Waals surface area (Å²) in [5.41, 5.74) is 1.77. The summed E-state index contributed by atoms with van der Waals surface area (Å²) in [7, 11) is 0. The molecule has 0 spiro atoms. The first-order valence-electron chi connectivity index (χ1n) is 9.26. The van der Waals surface area contributed by atoms with E-state index < -0.39 is 12.5 Å². The quantitative estimate of drug-likeness (QED) is 0.628. The first-order chi connectivity index (χ1) is 13.6. The summed E-state index contributed by atoms with van der Waals surface area (Å²) in [5.74, 6) is -2.49. The lowest BCUT2D eigenvalue weighted by atomic mass is 9.99. The average molecular weight is 408 g/mol. The van der Waals surface area contributed by atoms with E-state index in [1.165, 1.54) is 9.58 Å². The lowest BCUT2D eigenvalue weighted by molar-refractivity contribution is 0.0257. The van der Waals surface area contributed by atoms with Gasteiger partial charge in [-0.05, 0) is 12.3 Å². The summed E-state index contributed by atoms with van der Waals surface area (Å²) in [6, 6.07) is 0.0937. The number of hydrogen-bond donors (Lipinski definition) is 0. The zero-order chi connectivity index (χ0) is 20.8. The molecule has 1 fully saturated rings. The van der Waals surface area contributed by atoms with Crippen molar-refractivity contribution in [1.82, 2.24) is 35.3 Å². The Labute approximate surface area is 165 Å². The molecule has 0 N–H and O–H groups in total. The van der Waals surface area contributed by atoms with E-state index in [1.54, 1.807) is 6.92 Å². The first kappa shape index (κ1) is 19.4. The number of alkyl halides is 2. The highest BCUT2D eigenvalue weighted by Gasteiger charge is 2.40. The lowest BCUT2D eigenvalue weighted by Gasteiger charge is -2.20. The van der Waals surface area contributed by atoms with Gasteiger partial charge < -0.3 is 9.64 Å². The minimum atomic E-state index is -2.77. The molecule has 4 rings (SSSR count). The van der Waals surface area contributed by atoms with Crippen molar-refractivity contribution in [3.05, 3.63) is 11.4 Å². The molecule has 156 valence electrons. The molecule has 0 radical (unpaired) electrons. The van der Waals surface area contributed by atoms with Crippen molar-refractivity contribution in [2.75, 3.05) is 24.6 Å². The normalized spacial score (nSPS) is 16.7. The van der Waals surface area contributed by atoms with Gasteiger partial charge in [-0.25, -0.2) is 18.1 Å². The zero-order valence-electron chi connectivity index (χ0n) is 16.7. The fourth-order valence-corrected chi connectivity index (χ4v) is 2.95. The second-order valence-corrected chi connectivity index (χ2v) is 8.42. The van der Waals surface area contributed by atoms with Crippen LogP contribution >= 0.6 is 0 Å². The van der Waals surface area contributed by atoms with Crippen molar-refractivity contribution in [1.29, 1.82) is 0 Å². The van der Waals surface area contributed by atoms with Crippen molar-refractivity contribution < 1.29 is 18.1 Å². The summed E-state index contributed by atoms with van der Waals surface area (Å²) in [5, 5.41) is 15.9. The van der Waals surface area contributed by atoms with Crippen LogP contribution in [0, 0.1) is 12.3 Å². The highest BCUT2D eigenvalue weighted by Crippen LogP contribution is 2.33. The fourth-order valence-electron chi connectivity index (χ4n) is 2.95. The van der Waals surface area contributed by atoms with Crippen LogP contribution in [0.3, 0.4) is 0 Å². The molecule has 10 nitrogen and oxygen atoms in total. The Kier molecular flexibility index (Phi) is 4.58. The van der Waals surface area contributed by atoms with Crippen LogP contribution in [0.15, 0.2) is 4.63 Å². The number of nitrogens with zero attached hydrogens (tertiary/aromatic N) is 8. The second-order valence-electron chi connectivity index (χ2n) is 8.42. The third kappa shape index (κ3) is 4.10. The smallest absolute Gasteiger partial charge is 0.320 e. The molecular weight excluding hydrogens is 386 g/mol. The van der Waals surface area contributed by atoms with Gasteiger partial charge >= 0.3 is 6.01 Å². The van der Waals surface area contributed by atoms with Gasteiger partial charge in [0.1, 0.15) is 11.4 Å². The van der Waals surface area contributed by atoms with Crippen molar-refractivity contribution in [3.63, 3.8) is 0 Å². The highest BCUT2D eigenvalue weighted by atomic mass is 19.3. The molecule has 3 aromatic heterocycles. The van der Waals surface area contributed by atoms with E-state index in [2.05, 4.69) is 30.6 Å². The molecule has 1 aliphatic heterocycles. The number of rotatable bonds is 5. The van der Waals surface area contributed by atoms with Gasteiger partial charge in [0.15, 0.2) is 17.0 Å². The maximum absolute atomic E-state index is 13.8. The Bertz CT molecular complexity index is 1030. The van der Waals surface area contributed by atoms with Crippen LogP contribution < -0.4 is 9.64 Å². The Balaban J connectivity index is 1.75. The largest absolute Gasteiger partial charge is 0.463 e. The number of ether oxygens (including phenoxy) is 1. The molecule has 3 aromatic rings. The zero-order valence-corrected chi connectivity index (χ0v) is 16.7. The molecule has 0 amide bonds. The van der Waals surface area contributed by atoms with E-state index in [9.17, 15) is 8.78 Å². The minimum Gasteiger partial charge on any atom is -0.463 e. The number of hydrogen-bond acceptors (Lipinski definition) is 9. The molecular formula is C17H22F2N8O2. The number of aryl methyl sites for hydroxylation is 1. The third-order valence-electron chi connectivity index (χ3n) is 4.47. The third-order valence-corrected chi connectivity index (χ3v) is 4.47. The van der Waals surface area contributed by atoms with E-state index in [4.69, 9.17) is 9.37 Å². The van der Waals surface area contributed by atoms with Gasteiger partial charge in [-0.1, -0.05) is 36.3 Å². The molecule has 0 unspecified atom stereocenters. The Morgan fingerprint density at radius 3 is 2.62 bits per heavy atom. The Hall–Kier alpha value is -2.92. The van der Waals surface area contributed by atoms with E-state index >= 15 is 0 Å². The summed E-state index contributed by atoms with van der Waals surface area (Å²) in [6.07, 6.45) is -0.241. The molecule has 4 heterocycles. The highest BCUT2D eigenvalue weighted by molar-refractivity contribution is 5.83. The van der Waals surface area contributed by atoms with Crippen LogP contribution in [0.2, 0.25) is 0 Å². The molecule has 1 saturated heterocycles. The first-order valence-corrected chi connectivity index (χ1v) is 9.26. The summed E-state index contributed by atoms with van der Waals surface area (Å²) in [6.45, 7) is 8.11. The van der Waals surface area contributed by atoms with E-state index in [1.807, 2.05) is 20.8 Å². The molecule has 0 bridgehead atoms. The van der Waals surface area contributed by atoms with Gasteiger partial charge in [0.05, 0.1) is 19.7 Å². The van der Waals surface area contributed by atoms with Crippen molar-refractivity contribution in [3.8, 4) is 6.01 Å². The van der Waals surface area contributed by atoms with E-state index in [0.29, 0.717) is 29.2 Å². The van der Waals surface area contributed by atoms with Crippen LogP contribution in [-0.2, 0) is 6.54 Å². The van der Waals surface area contributed by atoms with Gasteiger partial charge in [-0.3, -0.25) is 0 Å². The van der Waals surface area contributed by atoms with Crippen molar-refractivity contribution in [2.45, 2.75) is 46.6 Å². The number of halogens is 2. The Morgan fingerprint density at radius 2 is 2.00 bits per heavy atom. The second kappa shape index (κ2) is 6.85. The predicted octanol–water partition coefficient (Wildman–Crippen LogP) is 2.23. The summed E-state index contributed by atoms with van der Waals surface area (Å²) >= 11 is 0. The minimum absolute atomic E-state index is 0.0937. The van der Waals surface area contributed by atoms with Gasteiger partial charge in [0.25, 0.3) is 5.92 Å². The maximum atomic E-state index is 13.8. The Morgan fingerprint density at radius 1 is 1.21 bits per heavy atom. The van der Waals surface area contributed by atoms with E-state index in [0.717, 1.165) is 0 Å². The van der Waals surface area contributed by atoms with Crippen molar-refractivity contribution in [2.24, 2.45) is 5.41 Å². The molecule has 0 aromatic carbocycles. The van der Waals surface area contributed by atoms with Crippen LogP contribution in [0.4, 0.5) is 14.6 Å². The SMILES string of the molecule is Cc1nonc1Cn1nnc2c(N3CCC(F)(F)C3)nc(OCC(C)(C)C)nc21. The van der Waals surface area contributed by atoms with Gasteiger partial charge in [-0.15, -0.1) is 5.10 Å².